The molecule has 124 valence electrons. The maximum atomic E-state index is 13.4. The zero-order valence-corrected chi connectivity index (χ0v) is 13.5. The van der Waals surface area contributed by atoms with Gasteiger partial charge >= 0.3 is 0 Å². The van der Waals surface area contributed by atoms with Gasteiger partial charge in [-0.3, -0.25) is 9.59 Å². The van der Waals surface area contributed by atoms with Crippen LogP contribution in [0.4, 0.5) is 4.39 Å². The minimum absolute atomic E-state index is 0.104. The number of halogens is 1. The summed E-state index contributed by atoms with van der Waals surface area (Å²) in [6.07, 6.45) is 0.616. The van der Waals surface area contributed by atoms with Crippen molar-refractivity contribution in [2.45, 2.75) is 18.9 Å². The molecular weight excluding hydrogens is 299 g/mol. The summed E-state index contributed by atoms with van der Waals surface area (Å²) in [7, 11) is 5.27. The van der Waals surface area contributed by atoms with E-state index >= 15 is 0 Å². The monoisotopic (exact) mass is 320 g/mol. The Morgan fingerprint density at radius 3 is 2.78 bits per heavy atom. The maximum absolute atomic E-state index is 13.4. The molecule has 0 saturated heterocycles. The molecule has 0 unspecified atom stereocenters. The van der Waals surface area contributed by atoms with Gasteiger partial charge in [0.25, 0.3) is 5.91 Å². The van der Waals surface area contributed by atoms with Gasteiger partial charge in [-0.15, -0.1) is 0 Å². The van der Waals surface area contributed by atoms with E-state index in [-0.39, 0.29) is 30.1 Å². The van der Waals surface area contributed by atoms with Crippen LogP contribution in [0.3, 0.4) is 0 Å². The molecule has 1 aliphatic rings. The molecule has 1 heterocycles. The van der Waals surface area contributed by atoms with Gasteiger partial charge < -0.3 is 10.2 Å². The molecule has 1 N–H and O–H groups in total. The van der Waals surface area contributed by atoms with E-state index in [0.717, 1.165) is 5.56 Å². The van der Waals surface area contributed by atoms with E-state index in [1.54, 1.807) is 6.07 Å². The van der Waals surface area contributed by atoms with Crippen molar-refractivity contribution in [2.75, 3.05) is 27.7 Å². The summed E-state index contributed by atoms with van der Waals surface area (Å²) >= 11 is 0. The molecule has 6 nitrogen and oxygen atoms in total. The third kappa shape index (κ3) is 4.35. The lowest BCUT2D eigenvalue weighted by Gasteiger charge is -2.26. The van der Waals surface area contributed by atoms with Crippen molar-refractivity contribution in [3.8, 4) is 0 Å². The number of carbonyl (C=O) groups is 2. The van der Waals surface area contributed by atoms with Crippen LogP contribution in [0.5, 0.6) is 0 Å². The number of benzene rings is 1. The first-order valence-corrected chi connectivity index (χ1v) is 7.42. The van der Waals surface area contributed by atoms with E-state index in [9.17, 15) is 14.0 Å². The first-order chi connectivity index (χ1) is 10.9. The Hall–Kier alpha value is -2.28. The zero-order valence-electron chi connectivity index (χ0n) is 13.5. The Bertz CT molecular complexity index is 630. The molecule has 0 bridgehead atoms. The first kappa shape index (κ1) is 17.1. The number of nitrogens with zero attached hydrogens (tertiary/aromatic N) is 3. The Morgan fingerprint density at radius 1 is 1.43 bits per heavy atom. The average Bonchev–Trinajstić information content (AvgIpc) is 2.49. The van der Waals surface area contributed by atoms with E-state index in [1.165, 1.54) is 24.2 Å². The SMILES string of the molecule is CN1N=C(C(=O)NC[C@H](c2cccc(F)c2)N(C)C)CCC1=O. The van der Waals surface area contributed by atoms with E-state index in [2.05, 4.69) is 10.4 Å². The van der Waals surface area contributed by atoms with Crippen molar-refractivity contribution in [1.29, 1.82) is 0 Å². The van der Waals surface area contributed by atoms with Gasteiger partial charge in [0.2, 0.25) is 5.91 Å². The Labute approximate surface area is 134 Å². The molecule has 0 spiro atoms. The van der Waals surface area contributed by atoms with Crippen LogP contribution in [0, 0.1) is 5.82 Å². The second kappa shape index (κ2) is 7.32. The van der Waals surface area contributed by atoms with Crippen molar-refractivity contribution in [3.63, 3.8) is 0 Å². The van der Waals surface area contributed by atoms with Gasteiger partial charge in [0.1, 0.15) is 11.5 Å². The molecule has 1 aliphatic heterocycles. The lowest BCUT2D eigenvalue weighted by Crippen LogP contribution is -2.41. The number of carbonyl (C=O) groups excluding carboxylic acids is 2. The summed E-state index contributed by atoms with van der Waals surface area (Å²) in [5.74, 6) is -0.711. The van der Waals surface area contributed by atoms with Gasteiger partial charge in [0.15, 0.2) is 0 Å². The van der Waals surface area contributed by atoms with E-state index < -0.39 is 0 Å². The largest absolute Gasteiger partial charge is 0.349 e. The molecule has 0 aliphatic carbocycles. The first-order valence-electron chi connectivity index (χ1n) is 7.42. The van der Waals surface area contributed by atoms with Crippen molar-refractivity contribution >= 4 is 17.5 Å². The second-order valence-electron chi connectivity index (χ2n) is 5.71. The van der Waals surface area contributed by atoms with Crippen LogP contribution >= 0.6 is 0 Å². The summed E-state index contributed by atoms with van der Waals surface area (Å²) < 4.78 is 13.4. The Morgan fingerprint density at radius 2 is 2.17 bits per heavy atom. The molecule has 0 aromatic heterocycles. The molecule has 1 aromatic carbocycles. The summed E-state index contributed by atoms with van der Waals surface area (Å²) in [6, 6.07) is 6.16. The molecule has 2 rings (SSSR count). The number of hydrogen-bond acceptors (Lipinski definition) is 4. The van der Waals surface area contributed by atoms with Crippen molar-refractivity contribution in [2.24, 2.45) is 5.10 Å². The molecule has 2 amide bonds. The molecular formula is C16H21FN4O2. The standard InChI is InChI=1S/C16H21FN4O2/c1-20(2)14(11-5-4-6-12(17)9-11)10-18-16(23)13-7-8-15(22)21(3)19-13/h4-6,9,14H,7-8,10H2,1-3H3,(H,18,23)/t14-/m1/s1. The molecule has 1 atom stereocenters. The molecule has 0 fully saturated rings. The quantitative estimate of drug-likeness (QED) is 0.885. The van der Waals surface area contributed by atoms with Gasteiger partial charge in [-0.25, -0.2) is 9.40 Å². The summed E-state index contributed by atoms with van der Waals surface area (Å²) in [4.78, 5) is 25.5. The summed E-state index contributed by atoms with van der Waals surface area (Å²) in [6.45, 7) is 0.325. The maximum Gasteiger partial charge on any atom is 0.267 e. The highest BCUT2D eigenvalue weighted by molar-refractivity contribution is 6.39. The van der Waals surface area contributed by atoms with Crippen LogP contribution in [0.25, 0.3) is 0 Å². The minimum Gasteiger partial charge on any atom is -0.349 e. The molecule has 1 aromatic rings. The molecule has 0 radical (unpaired) electrons. The van der Waals surface area contributed by atoms with E-state index in [0.29, 0.717) is 18.7 Å². The van der Waals surface area contributed by atoms with Crippen LogP contribution in [0.1, 0.15) is 24.4 Å². The Kier molecular flexibility index (Phi) is 5.44. The summed E-state index contributed by atoms with van der Waals surface area (Å²) in [5, 5.41) is 7.99. The lowest BCUT2D eigenvalue weighted by molar-refractivity contribution is -0.130. The normalized spacial score (nSPS) is 16.3. The van der Waals surface area contributed by atoms with Gasteiger partial charge in [0.05, 0.1) is 6.04 Å². The van der Waals surface area contributed by atoms with Crippen LogP contribution in [-0.2, 0) is 9.59 Å². The van der Waals surface area contributed by atoms with Crippen molar-refractivity contribution in [3.05, 3.63) is 35.6 Å². The molecule has 0 saturated carbocycles. The highest BCUT2D eigenvalue weighted by atomic mass is 19.1. The zero-order chi connectivity index (χ0) is 17.0. The van der Waals surface area contributed by atoms with Crippen molar-refractivity contribution < 1.29 is 14.0 Å². The molecule has 23 heavy (non-hydrogen) atoms. The minimum atomic E-state index is -0.308. The third-order valence-electron chi connectivity index (χ3n) is 3.78. The van der Waals surface area contributed by atoms with Gasteiger partial charge in [-0.1, -0.05) is 12.1 Å². The lowest BCUT2D eigenvalue weighted by atomic mass is 10.1. The number of nitrogens with one attached hydrogen (secondary N) is 1. The highest BCUT2D eigenvalue weighted by Crippen LogP contribution is 2.18. The predicted molar refractivity (Wildman–Crippen MR) is 85.3 cm³/mol. The number of hydrazone groups is 1. The van der Waals surface area contributed by atoms with Crippen molar-refractivity contribution in [1.82, 2.24) is 15.2 Å². The van der Waals surface area contributed by atoms with Gasteiger partial charge in [-0.05, 0) is 31.8 Å². The fourth-order valence-corrected chi connectivity index (χ4v) is 2.44. The van der Waals surface area contributed by atoms with E-state index in [4.69, 9.17) is 0 Å². The highest BCUT2D eigenvalue weighted by Gasteiger charge is 2.23. The second-order valence-corrected chi connectivity index (χ2v) is 5.71. The number of amides is 2. The fraction of sp³-hybridized carbons (Fsp3) is 0.438. The van der Waals surface area contributed by atoms with Crippen LogP contribution in [0.15, 0.2) is 29.4 Å². The number of hydrogen-bond donors (Lipinski definition) is 1. The number of rotatable bonds is 5. The Balaban J connectivity index is 2.03. The van der Waals surface area contributed by atoms with Crippen LogP contribution < -0.4 is 5.32 Å². The number of likely N-dealkylation sites (N-methyl/N-ethyl adjacent to an activating group) is 1. The van der Waals surface area contributed by atoms with Crippen LogP contribution in [-0.4, -0.2) is 55.1 Å². The predicted octanol–water partition coefficient (Wildman–Crippen LogP) is 1.15. The van der Waals surface area contributed by atoms with Gasteiger partial charge in [0, 0.05) is 26.4 Å². The fourth-order valence-electron chi connectivity index (χ4n) is 2.44. The summed E-state index contributed by atoms with van der Waals surface area (Å²) in [5.41, 5.74) is 1.12. The topological polar surface area (TPSA) is 65.0 Å². The van der Waals surface area contributed by atoms with E-state index in [1.807, 2.05) is 25.1 Å². The van der Waals surface area contributed by atoms with Gasteiger partial charge in [-0.2, -0.15) is 5.10 Å². The van der Waals surface area contributed by atoms with Crippen LogP contribution in [0.2, 0.25) is 0 Å². The third-order valence-corrected chi connectivity index (χ3v) is 3.78. The smallest absolute Gasteiger partial charge is 0.267 e. The molecule has 7 heteroatoms. The average molecular weight is 320 g/mol.